The lowest BCUT2D eigenvalue weighted by molar-refractivity contribution is -0.139. The Kier molecular flexibility index (Phi) is 3.81. The second-order valence-electron chi connectivity index (χ2n) is 6.35. The monoisotopic (exact) mass is 326 g/mol. The molecule has 2 aromatic rings. The number of methoxy groups -OCH3 is 1. The van der Waals surface area contributed by atoms with Gasteiger partial charge in [0.15, 0.2) is 0 Å². The first-order chi connectivity index (χ1) is 11.7. The van der Waals surface area contributed by atoms with E-state index in [1.54, 1.807) is 7.11 Å². The van der Waals surface area contributed by atoms with E-state index >= 15 is 0 Å². The number of aromatic nitrogens is 1. The van der Waals surface area contributed by atoms with Crippen LogP contribution < -0.4 is 4.74 Å². The molecule has 126 valence electrons. The van der Waals surface area contributed by atoms with Gasteiger partial charge >= 0.3 is 5.97 Å². The quantitative estimate of drug-likeness (QED) is 0.881. The van der Waals surface area contributed by atoms with Crippen LogP contribution in [0.2, 0.25) is 0 Å². The number of rotatable bonds is 3. The maximum absolute atomic E-state index is 12.0. The molecule has 2 aliphatic rings. The van der Waals surface area contributed by atoms with Gasteiger partial charge in [-0.2, -0.15) is 0 Å². The molecule has 5 heteroatoms. The predicted octanol–water partition coefficient (Wildman–Crippen LogP) is 2.97. The zero-order chi connectivity index (χ0) is 16.7. The normalized spacial score (nSPS) is 20.2. The van der Waals surface area contributed by atoms with E-state index in [2.05, 4.69) is 22.0 Å². The summed E-state index contributed by atoms with van der Waals surface area (Å²) in [7, 11) is 1.69. The summed E-state index contributed by atoms with van der Waals surface area (Å²) < 4.78 is 10.5. The van der Waals surface area contributed by atoms with Gasteiger partial charge in [0.2, 0.25) is 0 Å². The van der Waals surface area contributed by atoms with Crippen LogP contribution in [0.5, 0.6) is 5.75 Å². The van der Waals surface area contributed by atoms with E-state index in [4.69, 9.17) is 9.47 Å². The van der Waals surface area contributed by atoms with Gasteiger partial charge < -0.3 is 14.5 Å². The van der Waals surface area contributed by atoms with Crippen molar-refractivity contribution < 1.29 is 14.3 Å². The number of H-pyrrole nitrogens is 1. The van der Waals surface area contributed by atoms with Gasteiger partial charge in [0, 0.05) is 41.3 Å². The van der Waals surface area contributed by atoms with Crippen molar-refractivity contribution in [1.29, 1.82) is 0 Å². The summed E-state index contributed by atoms with van der Waals surface area (Å²) in [4.78, 5) is 18.0. The molecule has 0 saturated carbocycles. The molecule has 0 aliphatic carbocycles. The molecule has 1 aromatic heterocycles. The lowest BCUT2D eigenvalue weighted by atomic mass is 9.91. The number of benzene rings is 1. The minimum absolute atomic E-state index is 0.178. The van der Waals surface area contributed by atoms with E-state index < -0.39 is 0 Å². The fourth-order valence-electron chi connectivity index (χ4n) is 3.90. The molecule has 1 unspecified atom stereocenters. The van der Waals surface area contributed by atoms with Gasteiger partial charge in [0.1, 0.15) is 5.75 Å². The molecular weight excluding hydrogens is 304 g/mol. The van der Waals surface area contributed by atoms with E-state index in [0.29, 0.717) is 19.2 Å². The predicted molar refractivity (Wildman–Crippen MR) is 92.2 cm³/mol. The first-order valence-electron chi connectivity index (χ1n) is 8.50. The average molecular weight is 326 g/mol. The highest BCUT2D eigenvalue weighted by Gasteiger charge is 2.34. The van der Waals surface area contributed by atoms with E-state index in [9.17, 15) is 4.79 Å². The molecule has 4 rings (SSSR count). The van der Waals surface area contributed by atoms with Crippen LogP contribution in [0.4, 0.5) is 0 Å². The summed E-state index contributed by atoms with van der Waals surface area (Å²) in [6.45, 7) is 3.90. The van der Waals surface area contributed by atoms with Crippen LogP contribution in [0, 0.1) is 0 Å². The largest absolute Gasteiger partial charge is 0.497 e. The number of nitrogens with one attached hydrogen (secondary N) is 1. The summed E-state index contributed by atoms with van der Waals surface area (Å²) in [5.41, 5.74) is 4.60. The lowest BCUT2D eigenvalue weighted by Gasteiger charge is -2.38. The van der Waals surface area contributed by atoms with Crippen LogP contribution in [0.1, 0.15) is 30.6 Å². The molecule has 1 N–H and O–H groups in total. The number of fused-ring (bicyclic) bond motifs is 5. The number of hydrogen-bond acceptors (Lipinski definition) is 4. The van der Waals surface area contributed by atoms with E-state index in [-0.39, 0.29) is 5.97 Å². The molecule has 0 saturated heterocycles. The molecule has 3 heterocycles. The Morgan fingerprint density at radius 3 is 3.08 bits per heavy atom. The topological polar surface area (TPSA) is 54.6 Å². The van der Waals surface area contributed by atoms with Gasteiger partial charge in [-0.05, 0) is 37.5 Å². The van der Waals surface area contributed by atoms with Gasteiger partial charge in [-0.25, -0.2) is 4.79 Å². The van der Waals surface area contributed by atoms with E-state index in [1.165, 1.54) is 16.6 Å². The van der Waals surface area contributed by atoms with Crippen LogP contribution in [0.25, 0.3) is 10.9 Å². The summed E-state index contributed by atoms with van der Waals surface area (Å²) in [5, 5.41) is 1.28. The van der Waals surface area contributed by atoms with E-state index in [1.807, 2.05) is 19.1 Å². The summed E-state index contributed by atoms with van der Waals surface area (Å²) in [6.07, 6.45) is 3.87. The van der Waals surface area contributed by atoms with Crippen molar-refractivity contribution in [2.24, 2.45) is 0 Å². The number of hydrogen-bond donors (Lipinski definition) is 1. The first-order valence-corrected chi connectivity index (χ1v) is 8.50. The molecular formula is C19H22N2O3. The Bertz CT molecular complexity index is 821. The maximum Gasteiger partial charge on any atom is 0.334 e. The van der Waals surface area contributed by atoms with Crippen molar-refractivity contribution in [2.45, 2.75) is 25.8 Å². The average Bonchev–Trinajstić information content (AvgIpc) is 2.99. The number of carbonyl (C=O) groups excluding carboxylic acids is 1. The minimum Gasteiger partial charge on any atom is -0.497 e. The van der Waals surface area contributed by atoms with Crippen LogP contribution in [0.3, 0.4) is 0 Å². The van der Waals surface area contributed by atoms with Gasteiger partial charge in [0.05, 0.1) is 19.8 Å². The SMILES string of the molecule is CCOC(=O)C1=CCC2c3[nH]c4cc(OC)ccc4c3CCN2C1. The smallest absolute Gasteiger partial charge is 0.334 e. The van der Waals surface area contributed by atoms with Gasteiger partial charge in [0.25, 0.3) is 0 Å². The minimum atomic E-state index is -0.178. The number of carbonyl (C=O) groups is 1. The molecule has 0 fully saturated rings. The highest BCUT2D eigenvalue weighted by atomic mass is 16.5. The zero-order valence-corrected chi connectivity index (χ0v) is 14.1. The van der Waals surface area contributed by atoms with Gasteiger partial charge in [-0.15, -0.1) is 0 Å². The third-order valence-electron chi connectivity index (χ3n) is 5.07. The summed E-state index contributed by atoms with van der Waals surface area (Å²) in [5.74, 6) is 0.689. The fourth-order valence-corrected chi connectivity index (χ4v) is 3.90. The molecule has 0 spiro atoms. The van der Waals surface area contributed by atoms with Crippen molar-refractivity contribution in [1.82, 2.24) is 9.88 Å². The number of ether oxygens (including phenoxy) is 2. The standard InChI is InChI=1S/C19H22N2O3/c1-3-24-19(22)12-4-7-17-18-15(8-9-21(17)11-12)14-6-5-13(23-2)10-16(14)20-18/h4-6,10,17,20H,3,7-9,11H2,1-2H3. The van der Waals surface area contributed by atoms with Crippen molar-refractivity contribution >= 4 is 16.9 Å². The lowest BCUT2D eigenvalue weighted by Crippen LogP contribution is -2.40. The molecule has 0 amide bonds. The highest BCUT2D eigenvalue weighted by molar-refractivity contribution is 5.89. The highest BCUT2D eigenvalue weighted by Crippen LogP contribution is 2.39. The Labute approximate surface area is 141 Å². The van der Waals surface area contributed by atoms with Crippen molar-refractivity contribution in [3.63, 3.8) is 0 Å². The number of esters is 1. The molecule has 1 atom stereocenters. The molecule has 2 aliphatic heterocycles. The second kappa shape index (κ2) is 5.98. The number of aromatic amines is 1. The molecule has 5 nitrogen and oxygen atoms in total. The van der Waals surface area contributed by atoms with Crippen LogP contribution in [0.15, 0.2) is 29.8 Å². The van der Waals surface area contributed by atoms with Crippen LogP contribution in [-0.4, -0.2) is 42.7 Å². The summed E-state index contributed by atoms with van der Waals surface area (Å²) >= 11 is 0. The molecule has 1 aromatic carbocycles. The van der Waals surface area contributed by atoms with Crippen molar-refractivity contribution in [2.75, 3.05) is 26.8 Å². The molecule has 0 bridgehead atoms. The van der Waals surface area contributed by atoms with E-state index in [0.717, 1.165) is 36.2 Å². The third-order valence-corrected chi connectivity index (χ3v) is 5.07. The van der Waals surface area contributed by atoms with Crippen molar-refractivity contribution in [3.05, 3.63) is 41.1 Å². The molecule has 24 heavy (non-hydrogen) atoms. The third kappa shape index (κ3) is 2.40. The summed E-state index contributed by atoms with van der Waals surface area (Å²) in [6, 6.07) is 6.52. The van der Waals surface area contributed by atoms with Gasteiger partial charge in [-0.1, -0.05) is 6.08 Å². The van der Waals surface area contributed by atoms with Crippen LogP contribution >= 0.6 is 0 Å². The zero-order valence-electron chi connectivity index (χ0n) is 14.1. The Hall–Kier alpha value is -2.27. The maximum atomic E-state index is 12.0. The van der Waals surface area contributed by atoms with Crippen LogP contribution in [-0.2, 0) is 16.0 Å². The Morgan fingerprint density at radius 2 is 2.29 bits per heavy atom. The molecule has 0 radical (unpaired) electrons. The van der Waals surface area contributed by atoms with Crippen molar-refractivity contribution in [3.8, 4) is 5.75 Å². The fraction of sp³-hybridized carbons (Fsp3) is 0.421. The first kappa shape index (κ1) is 15.3. The second-order valence-corrected chi connectivity index (χ2v) is 6.35. The van der Waals surface area contributed by atoms with Gasteiger partial charge in [-0.3, -0.25) is 4.90 Å². The Balaban J connectivity index is 1.68. The Morgan fingerprint density at radius 1 is 1.42 bits per heavy atom. The number of nitrogens with zero attached hydrogens (tertiary/aromatic N) is 1.